The monoisotopic (exact) mass is 393 g/mol. The molecule has 0 aliphatic carbocycles. The van der Waals surface area contributed by atoms with Gasteiger partial charge < -0.3 is 10.1 Å². The Kier molecular flexibility index (Phi) is 5.96. The lowest BCUT2D eigenvalue weighted by molar-refractivity contribution is -0.117. The lowest BCUT2D eigenvalue weighted by Gasteiger charge is -2.22. The Morgan fingerprint density at radius 3 is 2.52 bits per heavy atom. The number of rotatable bonds is 6. The van der Waals surface area contributed by atoms with Gasteiger partial charge in [-0.2, -0.15) is 0 Å². The summed E-state index contributed by atoms with van der Waals surface area (Å²) in [5.74, 6) is 1.81. The van der Waals surface area contributed by atoms with Crippen molar-refractivity contribution in [1.82, 2.24) is 9.38 Å². The summed E-state index contributed by atoms with van der Waals surface area (Å²) in [6, 6.07) is 11.8. The predicted molar refractivity (Wildman–Crippen MR) is 118 cm³/mol. The molecule has 0 radical (unpaired) electrons. The van der Waals surface area contributed by atoms with Crippen LogP contribution >= 0.6 is 0 Å². The number of amides is 1. The Bertz CT molecular complexity index is 997. The molecule has 154 valence electrons. The summed E-state index contributed by atoms with van der Waals surface area (Å²) in [7, 11) is 1.65. The first kappa shape index (κ1) is 20.9. The molecule has 0 saturated heterocycles. The summed E-state index contributed by atoms with van der Waals surface area (Å²) in [6.07, 6.45) is 3.44. The maximum atomic E-state index is 12.8. The summed E-state index contributed by atoms with van der Waals surface area (Å²) in [5, 5.41) is 3.13. The Hall–Kier alpha value is -2.82. The summed E-state index contributed by atoms with van der Waals surface area (Å²) < 4.78 is 7.21. The van der Waals surface area contributed by atoms with Crippen molar-refractivity contribution in [3.63, 3.8) is 0 Å². The van der Waals surface area contributed by atoms with E-state index in [0.717, 1.165) is 34.6 Å². The number of hydrogen-bond acceptors (Lipinski definition) is 3. The van der Waals surface area contributed by atoms with Crippen molar-refractivity contribution >= 4 is 17.4 Å². The van der Waals surface area contributed by atoms with Crippen LogP contribution in [0, 0.1) is 18.3 Å². The number of aryl methyl sites for hydroxylation is 1. The van der Waals surface area contributed by atoms with Crippen molar-refractivity contribution in [2.75, 3.05) is 12.4 Å². The van der Waals surface area contributed by atoms with Gasteiger partial charge in [0.1, 0.15) is 22.9 Å². The highest BCUT2D eigenvalue weighted by atomic mass is 16.5. The minimum absolute atomic E-state index is 0.0129. The normalized spacial score (nSPS) is 12.8. The first-order valence-electron chi connectivity index (χ1n) is 10.1. The van der Waals surface area contributed by atoms with Crippen molar-refractivity contribution in [2.24, 2.45) is 11.3 Å². The van der Waals surface area contributed by atoms with Gasteiger partial charge >= 0.3 is 0 Å². The van der Waals surface area contributed by atoms with Gasteiger partial charge in [-0.1, -0.05) is 27.7 Å². The number of anilines is 1. The second kappa shape index (κ2) is 8.27. The fourth-order valence-electron chi connectivity index (χ4n) is 3.83. The SMILES string of the molecule is COc1ccc(-c2nc3cc(C)ccn3c2NC(=O)C[C@H](C)CC(C)(C)C)cc1. The Morgan fingerprint density at radius 1 is 1.21 bits per heavy atom. The maximum absolute atomic E-state index is 12.8. The van der Waals surface area contributed by atoms with Gasteiger partial charge in [0.05, 0.1) is 7.11 Å². The molecule has 5 nitrogen and oxygen atoms in total. The van der Waals surface area contributed by atoms with Crippen LogP contribution in [-0.2, 0) is 4.79 Å². The largest absolute Gasteiger partial charge is 0.497 e. The molecule has 1 amide bonds. The average Bonchev–Trinajstić information content (AvgIpc) is 2.97. The van der Waals surface area contributed by atoms with E-state index in [-0.39, 0.29) is 11.3 Å². The molecule has 1 N–H and O–H groups in total. The standard InChI is InChI=1S/C24H31N3O2/c1-16-11-12-27-20(13-16)25-22(18-7-9-19(29-6)10-8-18)23(27)26-21(28)14-17(2)15-24(3,4)5/h7-13,17H,14-15H2,1-6H3,(H,26,28)/t17-/m0/s1. The zero-order chi connectivity index (χ0) is 21.2. The van der Waals surface area contributed by atoms with Crippen LogP contribution in [0.2, 0.25) is 0 Å². The van der Waals surface area contributed by atoms with E-state index < -0.39 is 0 Å². The molecule has 0 aliphatic rings. The first-order chi connectivity index (χ1) is 13.7. The molecule has 0 spiro atoms. The molecule has 1 aromatic carbocycles. The number of pyridine rings is 1. The third-order valence-electron chi connectivity index (χ3n) is 4.90. The number of carbonyl (C=O) groups is 1. The fourth-order valence-corrected chi connectivity index (χ4v) is 3.83. The minimum atomic E-state index is 0.0129. The number of carbonyl (C=O) groups excluding carboxylic acids is 1. The number of aromatic nitrogens is 2. The number of imidazole rings is 1. The number of hydrogen-bond donors (Lipinski definition) is 1. The zero-order valence-corrected chi connectivity index (χ0v) is 18.2. The molecule has 0 fully saturated rings. The number of nitrogens with one attached hydrogen (secondary N) is 1. The smallest absolute Gasteiger partial charge is 0.225 e. The molecule has 3 rings (SSSR count). The van der Waals surface area contributed by atoms with Crippen molar-refractivity contribution in [2.45, 2.75) is 47.5 Å². The van der Waals surface area contributed by atoms with Gasteiger partial charge in [-0.25, -0.2) is 4.98 Å². The molecule has 0 saturated carbocycles. The van der Waals surface area contributed by atoms with Gasteiger partial charge in [-0.15, -0.1) is 0 Å². The van der Waals surface area contributed by atoms with E-state index in [1.54, 1.807) is 7.11 Å². The van der Waals surface area contributed by atoms with Gasteiger partial charge in [-0.05, 0) is 66.6 Å². The second-order valence-electron chi connectivity index (χ2n) is 9.09. The van der Waals surface area contributed by atoms with E-state index in [1.807, 2.05) is 53.9 Å². The molecule has 5 heteroatoms. The quantitative estimate of drug-likeness (QED) is 0.583. The highest BCUT2D eigenvalue weighted by molar-refractivity contribution is 5.94. The van der Waals surface area contributed by atoms with Gasteiger partial charge in [-0.3, -0.25) is 9.20 Å². The van der Waals surface area contributed by atoms with Crippen molar-refractivity contribution in [3.05, 3.63) is 48.2 Å². The fraction of sp³-hybridized carbons (Fsp3) is 0.417. The molecule has 0 bridgehead atoms. The van der Waals surface area contributed by atoms with Crippen molar-refractivity contribution in [1.29, 1.82) is 0 Å². The molecule has 1 atom stereocenters. The Labute approximate surface area is 173 Å². The van der Waals surface area contributed by atoms with Crippen LogP contribution in [0.15, 0.2) is 42.6 Å². The van der Waals surface area contributed by atoms with Crippen LogP contribution in [0.4, 0.5) is 5.82 Å². The second-order valence-corrected chi connectivity index (χ2v) is 9.09. The van der Waals surface area contributed by atoms with Crippen LogP contribution in [0.3, 0.4) is 0 Å². The summed E-state index contributed by atoms with van der Waals surface area (Å²) in [6.45, 7) is 10.8. The highest BCUT2D eigenvalue weighted by Crippen LogP contribution is 2.31. The molecular weight excluding hydrogens is 362 g/mol. The van der Waals surface area contributed by atoms with Crippen molar-refractivity contribution in [3.8, 4) is 17.0 Å². The van der Waals surface area contributed by atoms with E-state index >= 15 is 0 Å². The highest BCUT2D eigenvalue weighted by Gasteiger charge is 2.21. The third-order valence-corrected chi connectivity index (χ3v) is 4.90. The Morgan fingerprint density at radius 2 is 1.90 bits per heavy atom. The van der Waals surface area contributed by atoms with E-state index in [0.29, 0.717) is 18.2 Å². The first-order valence-corrected chi connectivity index (χ1v) is 10.1. The van der Waals surface area contributed by atoms with Gasteiger partial charge in [0.25, 0.3) is 0 Å². The summed E-state index contributed by atoms with van der Waals surface area (Å²) in [4.78, 5) is 17.6. The molecule has 0 aliphatic heterocycles. The molecule has 0 unspecified atom stereocenters. The molecule has 3 aromatic rings. The van der Waals surface area contributed by atoms with Gasteiger partial charge in [0.15, 0.2) is 0 Å². The number of fused-ring (bicyclic) bond motifs is 1. The average molecular weight is 394 g/mol. The van der Waals surface area contributed by atoms with Crippen LogP contribution in [0.5, 0.6) is 5.75 Å². The topological polar surface area (TPSA) is 55.6 Å². The van der Waals surface area contributed by atoms with Crippen LogP contribution in [0.25, 0.3) is 16.9 Å². The van der Waals surface area contributed by atoms with Gasteiger partial charge in [0.2, 0.25) is 5.91 Å². The maximum Gasteiger partial charge on any atom is 0.225 e. The van der Waals surface area contributed by atoms with E-state index in [9.17, 15) is 4.79 Å². The minimum Gasteiger partial charge on any atom is -0.497 e. The van der Waals surface area contributed by atoms with Gasteiger partial charge in [0, 0.05) is 18.2 Å². The Balaban J connectivity index is 1.93. The number of benzene rings is 1. The summed E-state index contributed by atoms with van der Waals surface area (Å²) >= 11 is 0. The van der Waals surface area contributed by atoms with Crippen LogP contribution < -0.4 is 10.1 Å². The lowest BCUT2D eigenvalue weighted by atomic mass is 9.84. The van der Waals surface area contributed by atoms with Crippen LogP contribution in [-0.4, -0.2) is 22.4 Å². The molecule has 29 heavy (non-hydrogen) atoms. The number of methoxy groups -OCH3 is 1. The van der Waals surface area contributed by atoms with E-state index in [4.69, 9.17) is 9.72 Å². The summed E-state index contributed by atoms with van der Waals surface area (Å²) in [5.41, 5.74) is 3.84. The molecule has 2 aromatic heterocycles. The van der Waals surface area contributed by atoms with E-state index in [2.05, 4.69) is 33.0 Å². The van der Waals surface area contributed by atoms with E-state index in [1.165, 1.54) is 0 Å². The molecular formula is C24H31N3O2. The molecule has 2 heterocycles. The zero-order valence-electron chi connectivity index (χ0n) is 18.2. The number of nitrogens with zero attached hydrogens (tertiary/aromatic N) is 2. The lowest BCUT2D eigenvalue weighted by Crippen LogP contribution is -2.19. The predicted octanol–water partition coefficient (Wildman–Crippen LogP) is 5.72. The van der Waals surface area contributed by atoms with Crippen LogP contribution in [0.1, 0.15) is 46.1 Å². The van der Waals surface area contributed by atoms with Crippen molar-refractivity contribution < 1.29 is 9.53 Å². The number of ether oxygens (including phenoxy) is 1. The third kappa shape index (κ3) is 5.17.